The maximum atomic E-state index is 15.3. The van der Waals surface area contributed by atoms with E-state index in [1.165, 1.54) is 76.2 Å². The summed E-state index contributed by atoms with van der Waals surface area (Å²) in [6.07, 6.45) is 15.3. The number of unbranched alkanes of at least 4 members (excludes halogenated alkanes) is 1. The van der Waals surface area contributed by atoms with Gasteiger partial charge >= 0.3 is 0 Å². The van der Waals surface area contributed by atoms with E-state index in [1.54, 1.807) is 6.07 Å². The van der Waals surface area contributed by atoms with Gasteiger partial charge in [0.05, 0.1) is 7.11 Å². The van der Waals surface area contributed by atoms with Gasteiger partial charge < -0.3 is 4.74 Å². The van der Waals surface area contributed by atoms with Gasteiger partial charge in [-0.15, -0.1) is 0 Å². The summed E-state index contributed by atoms with van der Waals surface area (Å²) < 4.78 is 48.8. The van der Waals surface area contributed by atoms with Crippen molar-refractivity contribution in [2.75, 3.05) is 7.11 Å². The molecule has 2 aliphatic carbocycles. The summed E-state index contributed by atoms with van der Waals surface area (Å²) in [6.45, 7) is 2.27. The molecule has 0 aromatic heterocycles. The first-order valence-corrected chi connectivity index (χ1v) is 12.5. The first-order chi connectivity index (χ1) is 16.0. The monoisotopic (exact) mass is 456 g/mol. The molecule has 0 unspecified atom stereocenters. The lowest BCUT2D eigenvalue weighted by molar-refractivity contribution is 0.249. The molecule has 1 nitrogen and oxygen atoms in total. The molecule has 0 atom stereocenters. The van der Waals surface area contributed by atoms with E-state index in [0.29, 0.717) is 12.0 Å². The fourth-order valence-electron chi connectivity index (χ4n) is 5.60. The number of allylic oxidation sites excluding steroid dienone is 1. The molecule has 0 spiro atoms. The molecule has 178 valence electrons. The van der Waals surface area contributed by atoms with Crippen molar-refractivity contribution in [3.8, 4) is 16.9 Å². The van der Waals surface area contributed by atoms with Gasteiger partial charge in [0.15, 0.2) is 11.6 Å². The average molecular weight is 457 g/mol. The molecule has 2 aromatic carbocycles. The third kappa shape index (κ3) is 5.31. The van der Waals surface area contributed by atoms with Crippen molar-refractivity contribution in [1.82, 2.24) is 0 Å². The van der Waals surface area contributed by atoms with Gasteiger partial charge in [-0.1, -0.05) is 75.7 Å². The smallest absolute Gasteiger partial charge is 0.201 e. The van der Waals surface area contributed by atoms with E-state index in [9.17, 15) is 8.78 Å². The first-order valence-electron chi connectivity index (χ1n) is 12.5. The average Bonchev–Trinajstić information content (AvgIpc) is 2.84. The summed E-state index contributed by atoms with van der Waals surface area (Å²) in [5.41, 5.74) is 2.88. The van der Waals surface area contributed by atoms with Crippen LogP contribution in [0.1, 0.15) is 82.3 Å². The number of hydrogen-bond donors (Lipinski definition) is 0. The molecule has 0 radical (unpaired) electrons. The second kappa shape index (κ2) is 10.8. The van der Waals surface area contributed by atoms with Gasteiger partial charge in [0.2, 0.25) is 5.82 Å². The van der Waals surface area contributed by atoms with Crippen molar-refractivity contribution in [2.45, 2.75) is 77.6 Å². The van der Waals surface area contributed by atoms with E-state index in [2.05, 4.69) is 13.0 Å². The highest BCUT2D eigenvalue weighted by Gasteiger charge is 2.24. The predicted molar refractivity (Wildman–Crippen MR) is 129 cm³/mol. The summed E-state index contributed by atoms with van der Waals surface area (Å²) in [5.74, 6) is -1.05. The normalized spacial score (nSPS) is 20.3. The molecule has 4 rings (SSSR count). The molecule has 1 saturated carbocycles. The highest BCUT2D eigenvalue weighted by atomic mass is 19.2. The molecule has 0 saturated heterocycles. The van der Waals surface area contributed by atoms with Crippen molar-refractivity contribution >= 4 is 6.08 Å². The summed E-state index contributed by atoms with van der Waals surface area (Å²) in [7, 11) is 1.28. The SMILES string of the molecule is CCCCC1CCC(CCC2=Cc3ccc(-c4ccc(OC)c(F)c4F)c(F)c3CC2)CC1. The number of hydrogen-bond acceptors (Lipinski definition) is 1. The summed E-state index contributed by atoms with van der Waals surface area (Å²) in [5, 5.41) is 0. The quantitative estimate of drug-likeness (QED) is 0.385. The zero-order chi connectivity index (χ0) is 23.4. The van der Waals surface area contributed by atoms with Crippen molar-refractivity contribution in [3.63, 3.8) is 0 Å². The third-order valence-electron chi connectivity index (χ3n) is 7.70. The van der Waals surface area contributed by atoms with Crippen LogP contribution in [0, 0.1) is 29.3 Å². The molecule has 0 heterocycles. The molecule has 1 fully saturated rings. The number of halogens is 3. The van der Waals surface area contributed by atoms with Gasteiger partial charge in [-0.2, -0.15) is 4.39 Å². The maximum absolute atomic E-state index is 15.3. The number of fused-ring (bicyclic) bond motifs is 1. The Bertz CT molecular complexity index is 1000. The van der Waals surface area contributed by atoms with Crippen LogP contribution in [0.3, 0.4) is 0 Å². The largest absolute Gasteiger partial charge is 0.494 e. The van der Waals surface area contributed by atoms with Gasteiger partial charge in [0.25, 0.3) is 0 Å². The lowest BCUT2D eigenvalue weighted by Gasteiger charge is -2.29. The molecule has 2 aliphatic rings. The highest BCUT2D eigenvalue weighted by Crippen LogP contribution is 2.38. The Morgan fingerprint density at radius 3 is 2.18 bits per heavy atom. The Kier molecular flexibility index (Phi) is 7.82. The number of rotatable bonds is 8. The first kappa shape index (κ1) is 23.9. The Balaban J connectivity index is 1.42. The van der Waals surface area contributed by atoms with Gasteiger partial charge in [-0.3, -0.25) is 0 Å². The molecule has 2 aromatic rings. The van der Waals surface area contributed by atoms with E-state index >= 15 is 4.39 Å². The second-order valence-corrected chi connectivity index (χ2v) is 9.81. The number of methoxy groups -OCH3 is 1. The Morgan fingerprint density at radius 1 is 0.818 bits per heavy atom. The molecule has 0 bridgehead atoms. The fourth-order valence-corrected chi connectivity index (χ4v) is 5.60. The molecule has 4 heteroatoms. The summed E-state index contributed by atoms with van der Waals surface area (Å²) in [4.78, 5) is 0. The molecule has 0 N–H and O–H groups in total. The van der Waals surface area contributed by atoms with E-state index in [0.717, 1.165) is 30.2 Å². The molecular formula is C29H35F3O. The van der Waals surface area contributed by atoms with Crippen LogP contribution >= 0.6 is 0 Å². The number of benzene rings is 2. The van der Waals surface area contributed by atoms with Gasteiger partial charge in [-0.25, -0.2) is 8.78 Å². The Labute approximate surface area is 196 Å². The van der Waals surface area contributed by atoms with E-state index in [4.69, 9.17) is 4.74 Å². The van der Waals surface area contributed by atoms with Crippen molar-refractivity contribution in [3.05, 3.63) is 58.4 Å². The minimum atomic E-state index is -1.09. The predicted octanol–water partition coefficient (Wildman–Crippen LogP) is 8.89. The second-order valence-electron chi connectivity index (χ2n) is 9.81. The van der Waals surface area contributed by atoms with Gasteiger partial charge in [0.1, 0.15) is 5.82 Å². The molecule has 0 aliphatic heterocycles. The minimum Gasteiger partial charge on any atom is -0.494 e. The number of ether oxygens (including phenoxy) is 1. The van der Waals surface area contributed by atoms with Crippen LogP contribution in [0.4, 0.5) is 13.2 Å². The standard InChI is InChI=1S/C29H35F3O/c1-3-4-5-19-6-8-20(9-7-19)10-11-21-12-14-23-22(18-21)13-15-24(27(23)30)25-16-17-26(33-2)29(32)28(25)31/h13,15-20H,3-12,14H2,1-2H3. The molecule has 33 heavy (non-hydrogen) atoms. The lowest BCUT2D eigenvalue weighted by atomic mass is 9.77. The van der Waals surface area contributed by atoms with E-state index < -0.39 is 17.5 Å². The topological polar surface area (TPSA) is 9.23 Å². The summed E-state index contributed by atoms with van der Waals surface area (Å²) in [6, 6.07) is 6.12. The molecule has 0 amide bonds. The van der Waals surface area contributed by atoms with Crippen LogP contribution in [0.5, 0.6) is 5.75 Å². The van der Waals surface area contributed by atoms with Crippen molar-refractivity contribution in [2.24, 2.45) is 11.8 Å². The zero-order valence-corrected chi connectivity index (χ0v) is 19.9. The lowest BCUT2D eigenvalue weighted by Crippen LogP contribution is -2.15. The molecular weight excluding hydrogens is 421 g/mol. The highest BCUT2D eigenvalue weighted by molar-refractivity contribution is 5.71. The van der Waals surface area contributed by atoms with E-state index in [-0.39, 0.29) is 16.9 Å². The van der Waals surface area contributed by atoms with Crippen molar-refractivity contribution < 1.29 is 17.9 Å². The zero-order valence-electron chi connectivity index (χ0n) is 19.9. The van der Waals surface area contributed by atoms with Crippen LogP contribution in [-0.4, -0.2) is 7.11 Å². The third-order valence-corrected chi connectivity index (χ3v) is 7.70. The van der Waals surface area contributed by atoms with Crippen LogP contribution < -0.4 is 4.74 Å². The maximum Gasteiger partial charge on any atom is 0.201 e. The van der Waals surface area contributed by atoms with Crippen LogP contribution in [0.2, 0.25) is 0 Å². The minimum absolute atomic E-state index is 0.0714. The summed E-state index contributed by atoms with van der Waals surface area (Å²) >= 11 is 0. The van der Waals surface area contributed by atoms with Crippen molar-refractivity contribution in [1.29, 1.82) is 0 Å². The fraction of sp³-hybridized carbons (Fsp3) is 0.517. The van der Waals surface area contributed by atoms with E-state index in [1.807, 2.05) is 6.07 Å². The van der Waals surface area contributed by atoms with Gasteiger partial charge in [0, 0.05) is 11.1 Å². The van der Waals surface area contributed by atoms with Crippen LogP contribution in [0.15, 0.2) is 29.8 Å². The van der Waals surface area contributed by atoms with Gasteiger partial charge in [-0.05, 0) is 60.8 Å². The van der Waals surface area contributed by atoms with Crippen LogP contribution in [0.25, 0.3) is 17.2 Å². The Hall–Kier alpha value is -2.23. The van der Waals surface area contributed by atoms with Crippen LogP contribution in [-0.2, 0) is 6.42 Å². The Morgan fingerprint density at radius 2 is 1.48 bits per heavy atom.